The van der Waals surface area contributed by atoms with Gasteiger partial charge in [0, 0.05) is 56.6 Å². The second-order valence-corrected chi connectivity index (χ2v) is 10.5. The van der Waals surface area contributed by atoms with Crippen molar-refractivity contribution in [3.63, 3.8) is 0 Å². The number of piperazine rings is 1. The molecule has 0 radical (unpaired) electrons. The molecule has 1 fully saturated rings. The molecule has 0 aliphatic carbocycles. The summed E-state index contributed by atoms with van der Waals surface area (Å²) in [5, 5.41) is 2.38. The van der Waals surface area contributed by atoms with E-state index in [1.165, 1.54) is 26.4 Å². The van der Waals surface area contributed by atoms with Gasteiger partial charge in [0.1, 0.15) is 23.7 Å². The Morgan fingerprint density at radius 3 is 2.17 bits per heavy atom. The predicted octanol–water partition coefficient (Wildman–Crippen LogP) is 5.31. The summed E-state index contributed by atoms with van der Waals surface area (Å²) in [6.45, 7) is 2.89. The van der Waals surface area contributed by atoms with E-state index in [0.717, 1.165) is 25.5 Å². The van der Waals surface area contributed by atoms with Gasteiger partial charge in [-0.25, -0.2) is 18.7 Å². The number of ketones is 1. The molecule has 242 valence electrons. The lowest BCUT2D eigenvalue weighted by Gasteiger charge is -2.32. The van der Waals surface area contributed by atoms with Crippen LogP contribution in [0.15, 0.2) is 48.8 Å². The molecule has 1 aromatic heterocycles. The Hall–Kier alpha value is -4.89. The number of halogens is 5. The van der Waals surface area contributed by atoms with Gasteiger partial charge < -0.3 is 24.4 Å². The average molecular weight is 646 g/mol. The highest BCUT2D eigenvalue weighted by atomic mass is 19.4. The number of methoxy groups -OCH3 is 2. The van der Waals surface area contributed by atoms with Gasteiger partial charge >= 0.3 is 6.18 Å². The molecular weight excluding hydrogens is 617 g/mol. The molecule has 3 aromatic carbocycles. The van der Waals surface area contributed by atoms with Crippen LogP contribution in [0, 0.1) is 11.6 Å². The van der Waals surface area contributed by atoms with Crippen LogP contribution in [0.2, 0.25) is 0 Å². The predicted molar refractivity (Wildman–Crippen MR) is 156 cm³/mol. The number of Topliss-reactive ketones (excluding diaryl/α,β-unsaturated/α-hetero) is 1. The third kappa shape index (κ3) is 7.15. The summed E-state index contributed by atoms with van der Waals surface area (Å²) < 4.78 is 87.3. The molecule has 1 amide bonds. The van der Waals surface area contributed by atoms with Crippen LogP contribution in [0.25, 0.3) is 10.9 Å². The van der Waals surface area contributed by atoms with Crippen molar-refractivity contribution in [2.24, 2.45) is 0 Å². The fraction of sp³-hybridized carbons (Fsp3) is 0.290. The Kier molecular flexibility index (Phi) is 9.34. The van der Waals surface area contributed by atoms with E-state index in [9.17, 15) is 22.8 Å². The van der Waals surface area contributed by atoms with Crippen LogP contribution in [-0.2, 0) is 17.5 Å². The van der Waals surface area contributed by atoms with Crippen molar-refractivity contribution in [1.82, 2.24) is 19.8 Å². The molecule has 1 N–H and O–H groups in total. The first-order chi connectivity index (χ1) is 21.9. The Bertz CT molecular complexity index is 1770. The van der Waals surface area contributed by atoms with Gasteiger partial charge in [0.25, 0.3) is 11.7 Å². The number of carbonyl (C=O) groups is 2. The normalized spacial score (nSPS) is 14.3. The second-order valence-electron chi connectivity index (χ2n) is 10.5. The number of ether oxygens (including phenoxy) is 3. The molecule has 46 heavy (non-hydrogen) atoms. The highest BCUT2D eigenvalue weighted by Crippen LogP contribution is 2.37. The molecule has 1 aliphatic rings. The van der Waals surface area contributed by atoms with Gasteiger partial charge in [-0.2, -0.15) is 13.2 Å². The molecular formula is C31H28F5N5O5. The number of hydrogen-bond acceptors (Lipinski definition) is 9. The van der Waals surface area contributed by atoms with Gasteiger partial charge in [-0.1, -0.05) is 0 Å². The summed E-state index contributed by atoms with van der Waals surface area (Å²) in [5.74, 6) is -5.85. The van der Waals surface area contributed by atoms with E-state index in [4.69, 9.17) is 14.2 Å². The highest BCUT2D eigenvalue weighted by molar-refractivity contribution is 6.46. The van der Waals surface area contributed by atoms with E-state index in [0.29, 0.717) is 53.7 Å². The lowest BCUT2D eigenvalue weighted by Crippen LogP contribution is -2.43. The quantitative estimate of drug-likeness (QED) is 0.147. The number of hydrogen-bond donors (Lipinski definition) is 1. The molecule has 0 bridgehead atoms. The maximum absolute atomic E-state index is 15.1. The molecule has 0 spiro atoms. The van der Waals surface area contributed by atoms with Crippen LogP contribution in [0.4, 0.5) is 27.6 Å². The zero-order chi connectivity index (χ0) is 33.2. The van der Waals surface area contributed by atoms with Crippen LogP contribution in [-0.4, -0.2) is 78.9 Å². The molecule has 0 atom stereocenters. The minimum absolute atomic E-state index is 0.0986. The van der Waals surface area contributed by atoms with Crippen LogP contribution in [0.1, 0.15) is 21.5 Å². The topological polar surface area (TPSA) is 106 Å². The molecule has 0 unspecified atom stereocenters. The van der Waals surface area contributed by atoms with Gasteiger partial charge in [-0.05, 0) is 36.9 Å². The van der Waals surface area contributed by atoms with E-state index in [2.05, 4.69) is 20.2 Å². The Morgan fingerprint density at radius 1 is 0.891 bits per heavy atom. The molecule has 1 aliphatic heterocycles. The lowest BCUT2D eigenvalue weighted by molar-refractivity contribution is -0.137. The van der Waals surface area contributed by atoms with Crippen LogP contribution in [0.3, 0.4) is 0 Å². The molecule has 10 nitrogen and oxygen atoms in total. The fourth-order valence-electron chi connectivity index (χ4n) is 4.96. The van der Waals surface area contributed by atoms with Gasteiger partial charge in [0.05, 0.1) is 36.2 Å². The number of fused-ring (bicyclic) bond motifs is 1. The fourth-order valence-corrected chi connectivity index (χ4v) is 4.96. The van der Waals surface area contributed by atoms with Crippen molar-refractivity contribution < 1.29 is 45.8 Å². The summed E-state index contributed by atoms with van der Waals surface area (Å²) in [4.78, 5) is 37.8. The minimum atomic E-state index is -4.75. The van der Waals surface area contributed by atoms with Crippen molar-refractivity contribution in [2.75, 3.05) is 52.8 Å². The third-order valence-corrected chi connectivity index (χ3v) is 7.35. The molecule has 0 saturated carbocycles. The van der Waals surface area contributed by atoms with E-state index >= 15 is 8.78 Å². The van der Waals surface area contributed by atoms with E-state index < -0.39 is 46.4 Å². The average Bonchev–Trinajstić information content (AvgIpc) is 3.00. The van der Waals surface area contributed by atoms with Crippen molar-refractivity contribution >= 4 is 28.3 Å². The van der Waals surface area contributed by atoms with Crippen molar-refractivity contribution in [2.45, 2.75) is 12.7 Å². The summed E-state index contributed by atoms with van der Waals surface area (Å²) in [5.41, 5.74) is -1.99. The van der Waals surface area contributed by atoms with Crippen molar-refractivity contribution in [3.8, 4) is 23.1 Å². The Morgan fingerprint density at radius 2 is 1.54 bits per heavy atom. The summed E-state index contributed by atoms with van der Waals surface area (Å²) in [7, 11) is 4.78. The van der Waals surface area contributed by atoms with Crippen LogP contribution in [0.5, 0.6) is 23.1 Å². The SMILES string of the molecule is COc1cc2ncnc(Oc3cc(F)c(C(=O)C(=O)Nc4cc(CN5CCN(C)CC5)cc(C(F)(F)F)c4)c(F)c3)c2cc1OC. The molecule has 15 heteroatoms. The first-order valence-corrected chi connectivity index (χ1v) is 13.9. The maximum Gasteiger partial charge on any atom is 0.416 e. The summed E-state index contributed by atoms with van der Waals surface area (Å²) >= 11 is 0. The van der Waals surface area contributed by atoms with Gasteiger partial charge in [-0.3, -0.25) is 14.5 Å². The van der Waals surface area contributed by atoms with E-state index in [1.54, 1.807) is 6.07 Å². The first-order valence-electron chi connectivity index (χ1n) is 13.9. The zero-order valence-electron chi connectivity index (χ0n) is 24.9. The minimum Gasteiger partial charge on any atom is -0.493 e. The standard InChI is InChI=1S/C31H28F5N5O5/c1-40-4-6-41(7-5-40)15-17-8-18(31(34,35)36)10-19(9-17)39-29(43)28(42)27-22(32)11-20(12-23(27)33)46-30-21-13-25(44-2)26(45-3)14-24(21)37-16-38-30/h8-14,16H,4-7,15H2,1-3H3,(H,39,43). The number of rotatable bonds is 9. The zero-order valence-corrected chi connectivity index (χ0v) is 24.9. The largest absolute Gasteiger partial charge is 0.493 e. The number of aromatic nitrogens is 2. The van der Waals surface area contributed by atoms with Crippen LogP contribution < -0.4 is 19.5 Å². The lowest BCUT2D eigenvalue weighted by atomic mass is 10.1. The highest BCUT2D eigenvalue weighted by Gasteiger charge is 2.32. The Balaban J connectivity index is 1.37. The van der Waals surface area contributed by atoms with E-state index in [-0.39, 0.29) is 23.7 Å². The van der Waals surface area contributed by atoms with E-state index in [1.807, 2.05) is 11.9 Å². The monoisotopic (exact) mass is 645 g/mol. The molecule has 5 rings (SSSR count). The molecule has 2 heterocycles. The maximum atomic E-state index is 15.1. The molecule has 4 aromatic rings. The second kappa shape index (κ2) is 13.2. The summed E-state index contributed by atoms with van der Waals surface area (Å²) in [6, 6.07) is 7.31. The number of anilines is 1. The third-order valence-electron chi connectivity index (χ3n) is 7.35. The van der Waals surface area contributed by atoms with Crippen LogP contribution >= 0.6 is 0 Å². The van der Waals surface area contributed by atoms with Gasteiger partial charge in [0.15, 0.2) is 11.5 Å². The van der Waals surface area contributed by atoms with Crippen molar-refractivity contribution in [1.29, 1.82) is 0 Å². The van der Waals surface area contributed by atoms with Gasteiger partial charge in [0.2, 0.25) is 5.88 Å². The van der Waals surface area contributed by atoms with Gasteiger partial charge in [-0.15, -0.1) is 0 Å². The number of alkyl halides is 3. The number of likely N-dealkylation sites (N-methyl/N-ethyl adjacent to an activating group) is 1. The number of carbonyl (C=O) groups excluding carboxylic acids is 2. The van der Waals surface area contributed by atoms with Crippen molar-refractivity contribution in [3.05, 3.63) is 77.1 Å². The smallest absolute Gasteiger partial charge is 0.416 e. The number of nitrogens with zero attached hydrogens (tertiary/aromatic N) is 4. The number of amides is 1. The molecule has 1 saturated heterocycles. The number of nitrogens with one attached hydrogen (secondary N) is 1. The Labute approximate surface area is 259 Å². The summed E-state index contributed by atoms with van der Waals surface area (Å²) in [6.07, 6.45) is -3.59. The first kappa shape index (κ1) is 32.5. The number of benzene rings is 3.